The highest BCUT2D eigenvalue weighted by Gasteiger charge is 2.16. The van der Waals surface area contributed by atoms with Gasteiger partial charge in [-0.05, 0) is 54.4 Å². The molecule has 0 N–H and O–H groups in total. The molecule has 0 aliphatic carbocycles. The fraction of sp³-hybridized carbons (Fsp3) is 0.500. The Morgan fingerprint density at radius 2 is 2.00 bits per heavy atom. The molecule has 0 aliphatic heterocycles. The molecule has 0 heterocycles. The largest absolute Gasteiger partial charge is 0.491 e. The first-order chi connectivity index (χ1) is 7.83. The summed E-state index contributed by atoms with van der Waals surface area (Å²) in [5.74, 6) is 0.722. The molecule has 0 unspecified atom stereocenters. The Labute approximate surface area is 111 Å². The molecule has 0 saturated heterocycles. The van der Waals surface area contributed by atoms with Crippen molar-refractivity contribution in [1.29, 1.82) is 0 Å². The van der Waals surface area contributed by atoms with E-state index in [4.69, 9.17) is 4.74 Å². The number of aryl methyl sites for hydroxylation is 1. The van der Waals surface area contributed by atoms with Crippen LogP contribution >= 0.6 is 15.9 Å². The summed E-state index contributed by atoms with van der Waals surface area (Å²) in [7, 11) is -3.03. The van der Waals surface area contributed by atoms with Crippen molar-refractivity contribution >= 4 is 25.8 Å². The third-order valence-corrected chi connectivity index (χ3v) is 5.22. The van der Waals surface area contributed by atoms with E-state index in [1.165, 1.54) is 0 Å². The van der Waals surface area contributed by atoms with E-state index in [9.17, 15) is 8.42 Å². The van der Waals surface area contributed by atoms with Gasteiger partial charge < -0.3 is 4.74 Å². The van der Waals surface area contributed by atoms with Gasteiger partial charge in [0.25, 0.3) is 0 Å². The first-order valence-corrected chi connectivity index (χ1v) is 7.94. The van der Waals surface area contributed by atoms with Crippen molar-refractivity contribution < 1.29 is 13.2 Å². The second kappa shape index (κ2) is 5.87. The van der Waals surface area contributed by atoms with Gasteiger partial charge in [0.15, 0.2) is 9.84 Å². The predicted molar refractivity (Wildman–Crippen MR) is 73.3 cm³/mol. The molecule has 1 aromatic carbocycles. The molecule has 0 atom stereocenters. The van der Waals surface area contributed by atoms with Crippen LogP contribution in [0, 0.1) is 6.92 Å². The summed E-state index contributed by atoms with van der Waals surface area (Å²) in [5, 5.41) is -0.354. The van der Waals surface area contributed by atoms with Crippen molar-refractivity contribution in [2.75, 3.05) is 12.4 Å². The summed E-state index contributed by atoms with van der Waals surface area (Å²) in [5.41, 5.74) is 1.12. The molecular formula is C12H17BrO3S. The van der Waals surface area contributed by atoms with Crippen molar-refractivity contribution in [3.05, 3.63) is 28.2 Å². The lowest BCUT2D eigenvalue weighted by Crippen LogP contribution is -2.22. The van der Waals surface area contributed by atoms with Crippen molar-refractivity contribution in [3.8, 4) is 5.75 Å². The molecule has 1 aromatic rings. The minimum atomic E-state index is -3.03. The number of hydrogen-bond acceptors (Lipinski definition) is 3. The van der Waals surface area contributed by atoms with E-state index in [1.807, 2.05) is 25.1 Å². The molecule has 0 aliphatic rings. The lowest BCUT2D eigenvalue weighted by Gasteiger charge is -2.10. The van der Waals surface area contributed by atoms with Crippen LogP contribution in [0.15, 0.2) is 22.7 Å². The minimum absolute atomic E-state index is 0.0466. The Bertz CT molecular complexity index is 481. The molecule has 0 spiro atoms. The lowest BCUT2D eigenvalue weighted by atomic mass is 10.2. The van der Waals surface area contributed by atoms with E-state index >= 15 is 0 Å². The van der Waals surface area contributed by atoms with E-state index < -0.39 is 9.84 Å². The minimum Gasteiger partial charge on any atom is -0.491 e. The summed E-state index contributed by atoms with van der Waals surface area (Å²) in [6, 6.07) is 5.70. The van der Waals surface area contributed by atoms with Gasteiger partial charge in [-0.15, -0.1) is 0 Å². The molecule has 17 heavy (non-hydrogen) atoms. The quantitative estimate of drug-likeness (QED) is 0.837. The van der Waals surface area contributed by atoms with Crippen LogP contribution < -0.4 is 4.74 Å². The smallest absolute Gasteiger partial charge is 0.155 e. The second-order valence-electron chi connectivity index (χ2n) is 4.20. The number of benzene rings is 1. The zero-order chi connectivity index (χ0) is 13.1. The fourth-order valence-corrected chi connectivity index (χ4v) is 2.62. The maximum absolute atomic E-state index is 11.6. The summed E-state index contributed by atoms with van der Waals surface area (Å²) in [6.07, 6.45) is 0. The average molecular weight is 321 g/mol. The van der Waals surface area contributed by atoms with Gasteiger partial charge in [0.2, 0.25) is 0 Å². The van der Waals surface area contributed by atoms with Crippen molar-refractivity contribution in [1.82, 2.24) is 0 Å². The summed E-state index contributed by atoms with van der Waals surface area (Å²) in [4.78, 5) is 0. The van der Waals surface area contributed by atoms with Gasteiger partial charge in [-0.1, -0.05) is 6.07 Å². The number of hydrogen-bond donors (Lipinski definition) is 0. The first kappa shape index (κ1) is 14.5. The van der Waals surface area contributed by atoms with Crippen LogP contribution in [0.2, 0.25) is 0 Å². The summed E-state index contributed by atoms with van der Waals surface area (Å²) < 4.78 is 29.4. The zero-order valence-corrected chi connectivity index (χ0v) is 12.6. The van der Waals surface area contributed by atoms with Crippen LogP contribution in [0.1, 0.15) is 19.4 Å². The second-order valence-corrected chi connectivity index (χ2v) is 7.73. The molecule has 5 heteroatoms. The van der Waals surface area contributed by atoms with E-state index in [0.717, 1.165) is 10.0 Å². The number of sulfone groups is 1. The Balaban J connectivity index is 2.58. The van der Waals surface area contributed by atoms with Gasteiger partial charge in [-0.25, -0.2) is 8.42 Å². The molecular weight excluding hydrogens is 304 g/mol. The van der Waals surface area contributed by atoms with Gasteiger partial charge in [0.05, 0.1) is 15.5 Å². The third-order valence-electron chi connectivity index (χ3n) is 2.43. The normalized spacial score (nSPS) is 11.8. The molecule has 0 aromatic heterocycles. The molecule has 96 valence electrons. The van der Waals surface area contributed by atoms with Crippen LogP contribution in [-0.2, 0) is 9.84 Å². The van der Waals surface area contributed by atoms with Crippen LogP contribution in [0.4, 0.5) is 0 Å². The van der Waals surface area contributed by atoms with Gasteiger partial charge >= 0.3 is 0 Å². The Kier molecular flexibility index (Phi) is 5.01. The summed E-state index contributed by atoms with van der Waals surface area (Å²) >= 11 is 3.38. The number of halogens is 1. The number of ether oxygens (including phenoxy) is 1. The predicted octanol–water partition coefficient (Wildman–Crippen LogP) is 2.96. The highest BCUT2D eigenvalue weighted by molar-refractivity contribution is 9.10. The molecule has 0 amide bonds. The standard InChI is InChI=1S/C12H17BrO3S/c1-9(2)17(14,15)7-6-16-12-5-4-10(3)8-11(12)13/h4-5,8-9H,6-7H2,1-3H3. The summed E-state index contributed by atoms with van der Waals surface area (Å²) in [6.45, 7) is 5.52. The highest BCUT2D eigenvalue weighted by Crippen LogP contribution is 2.25. The van der Waals surface area contributed by atoms with E-state index in [1.54, 1.807) is 13.8 Å². The molecule has 0 bridgehead atoms. The lowest BCUT2D eigenvalue weighted by molar-refractivity contribution is 0.338. The van der Waals surface area contributed by atoms with Crippen LogP contribution in [-0.4, -0.2) is 26.0 Å². The van der Waals surface area contributed by atoms with Crippen LogP contribution in [0.5, 0.6) is 5.75 Å². The molecule has 1 rings (SSSR count). The SMILES string of the molecule is Cc1ccc(OCCS(=O)(=O)C(C)C)c(Br)c1. The average Bonchev–Trinajstić information content (AvgIpc) is 2.21. The maximum atomic E-state index is 11.6. The molecule has 3 nitrogen and oxygen atoms in total. The van der Waals surface area contributed by atoms with E-state index in [0.29, 0.717) is 5.75 Å². The fourth-order valence-electron chi connectivity index (χ4n) is 1.23. The molecule has 0 saturated carbocycles. The molecule has 0 radical (unpaired) electrons. The first-order valence-electron chi connectivity index (χ1n) is 5.43. The van der Waals surface area contributed by atoms with Gasteiger partial charge in [0, 0.05) is 0 Å². The van der Waals surface area contributed by atoms with Crippen molar-refractivity contribution in [2.24, 2.45) is 0 Å². The topological polar surface area (TPSA) is 43.4 Å². The maximum Gasteiger partial charge on any atom is 0.155 e. The number of rotatable bonds is 5. The van der Waals surface area contributed by atoms with Gasteiger partial charge in [0.1, 0.15) is 12.4 Å². The van der Waals surface area contributed by atoms with Crippen molar-refractivity contribution in [3.63, 3.8) is 0 Å². The van der Waals surface area contributed by atoms with Crippen LogP contribution in [0.25, 0.3) is 0 Å². The van der Waals surface area contributed by atoms with Gasteiger partial charge in [-0.2, -0.15) is 0 Å². The Hall–Kier alpha value is -0.550. The molecule has 0 fully saturated rings. The Morgan fingerprint density at radius 3 is 2.53 bits per heavy atom. The van der Waals surface area contributed by atoms with Crippen LogP contribution in [0.3, 0.4) is 0 Å². The van der Waals surface area contributed by atoms with Crippen molar-refractivity contribution in [2.45, 2.75) is 26.0 Å². The van der Waals surface area contributed by atoms with Gasteiger partial charge in [-0.3, -0.25) is 0 Å². The van der Waals surface area contributed by atoms with E-state index in [2.05, 4.69) is 15.9 Å². The highest BCUT2D eigenvalue weighted by atomic mass is 79.9. The Morgan fingerprint density at radius 1 is 1.35 bits per heavy atom. The van der Waals surface area contributed by atoms with E-state index in [-0.39, 0.29) is 17.6 Å². The zero-order valence-electron chi connectivity index (χ0n) is 10.2. The third kappa shape index (κ3) is 4.32. The monoisotopic (exact) mass is 320 g/mol.